The minimum Gasteiger partial charge on any atom is -0.113 e. The Hall–Kier alpha value is -1.79. The van der Waals surface area contributed by atoms with E-state index < -0.39 is 0 Å². The SMILES string of the molecule is Cc1ccc(C(Cl)c2cccc3ccccc23)cc1. The molecule has 1 unspecified atom stereocenters. The molecule has 0 aromatic heterocycles. The predicted molar refractivity (Wildman–Crippen MR) is 82.8 cm³/mol. The quantitative estimate of drug-likeness (QED) is 0.539. The van der Waals surface area contributed by atoms with Gasteiger partial charge in [-0.05, 0) is 28.8 Å². The van der Waals surface area contributed by atoms with Crippen molar-refractivity contribution in [1.82, 2.24) is 0 Å². The minimum atomic E-state index is -0.105. The number of halogens is 1. The molecule has 0 aliphatic carbocycles. The Bertz CT molecular complexity index is 693. The van der Waals surface area contributed by atoms with Gasteiger partial charge in [-0.1, -0.05) is 72.3 Å². The van der Waals surface area contributed by atoms with Crippen LogP contribution in [0.25, 0.3) is 10.8 Å². The fraction of sp³-hybridized carbons (Fsp3) is 0.111. The van der Waals surface area contributed by atoms with Crippen LogP contribution in [0.1, 0.15) is 22.1 Å². The Balaban J connectivity index is 2.11. The standard InChI is InChI=1S/C18H15Cl/c1-13-9-11-15(12-10-13)18(19)17-8-4-6-14-5-2-3-7-16(14)17/h2-12,18H,1H3. The van der Waals surface area contributed by atoms with Gasteiger partial charge in [0.25, 0.3) is 0 Å². The fourth-order valence-electron chi connectivity index (χ4n) is 2.39. The zero-order valence-corrected chi connectivity index (χ0v) is 11.6. The van der Waals surface area contributed by atoms with Gasteiger partial charge in [-0.3, -0.25) is 0 Å². The van der Waals surface area contributed by atoms with Gasteiger partial charge in [0.2, 0.25) is 0 Å². The normalized spacial score (nSPS) is 12.5. The zero-order valence-electron chi connectivity index (χ0n) is 10.8. The first-order valence-corrected chi connectivity index (χ1v) is 6.87. The lowest BCUT2D eigenvalue weighted by atomic mass is 9.97. The Morgan fingerprint density at radius 2 is 1.47 bits per heavy atom. The van der Waals surface area contributed by atoms with Crippen molar-refractivity contribution in [2.75, 3.05) is 0 Å². The molecule has 3 rings (SSSR count). The lowest BCUT2D eigenvalue weighted by Crippen LogP contribution is -1.94. The smallest absolute Gasteiger partial charge is 0.0841 e. The molecule has 0 saturated heterocycles. The van der Waals surface area contributed by atoms with Gasteiger partial charge in [0.05, 0.1) is 5.38 Å². The summed E-state index contributed by atoms with van der Waals surface area (Å²) in [5, 5.41) is 2.36. The van der Waals surface area contributed by atoms with E-state index in [2.05, 4.69) is 73.7 Å². The van der Waals surface area contributed by atoms with E-state index in [9.17, 15) is 0 Å². The van der Waals surface area contributed by atoms with E-state index in [1.807, 2.05) is 0 Å². The molecule has 0 amide bonds. The largest absolute Gasteiger partial charge is 0.113 e. The second-order valence-corrected chi connectivity index (χ2v) is 5.28. The predicted octanol–water partition coefficient (Wildman–Crippen LogP) is 5.48. The van der Waals surface area contributed by atoms with E-state index in [1.54, 1.807) is 0 Å². The van der Waals surface area contributed by atoms with Crippen LogP contribution in [0.5, 0.6) is 0 Å². The molecular formula is C18H15Cl. The first kappa shape index (κ1) is 12.3. The number of rotatable bonds is 2. The molecule has 94 valence electrons. The lowest BCUT2D eigenvalue weighted by Gasteiger charge is -2.13. The van der Waals surface area contributed by atoms with Crippen molar-refractivity contribution in [2.24, 2.45) is 0 Å². The van der Waals surface area contributed by atoms with Crippen LogP contribution in [-0.2, 0) is 0 Å². The molecule has 0 bridgehead atoms. The molecule has 0 nitrogen and oxygen atoms in total. The number of hydrogen-bond acceptors (Lipinski definition) is 0. The van der Waals surface area contributed by atoms with Gasteiger partial charge in [-0.25, -0.2) is 0 Å². The molecule has 19 heavy (non-hydrogen) atoms. The summed E-state index contributed by atoms with van der Waals surface area (Å²) < 4.78 is 0. The lowest BCUT2D eigenvalue weighted by molar-refractivity contribution is 1.15. The van der Waals surface area contributed by atoms with E-state index in [0.29, 0.717) is 0 Å². The average Bonchev–Trinajstić information content (AvgIpc) is 2.47. The maximum Gasteiger partial charge on any atom is 0.0841 e. The van der Waals surface area contributed by atoms with Gasteiger partial charge >= 0.3 is 0 Å². The number of hydrogen-bond donors (Lipinski definition) is 0. The molecule has 0 saturated carbocycles. The van der Waals surface area contributed by atoms with Crippen LogP contribution >= 0.6 is 11.6 Å². The highest BCUT2D eigenvalue weighted by Gasteiger charge is 2.13. The van der Waals surface area contributed by atoms with E-state index >= 15 is 0 Å². The zero-order chi connectivity index (χ0) is 13.2. The van der Waals surface area contributed by atoms with Crippen molar-refractivity contribution in [3.05, 3.63) is 83.4 Å². The van der Waals surface area contributed by atoms with Crippen molar-refractivity contribution in [3.8, 4) is 0 Å². The van der Waals surface area contributed by atoms with Crippen molar-refractivity contribution in [2.45, 2.75) is 12.3 Å². The fourth-order valence-corrected chi connectivity index (χ4v) is 2.72. The van der Waals surface area contributed by atoms with Crippen LogP contribution in [0.4, 0.5) is 0 Å². The summed E-state index contributed by atoms with van der Waals surface area (Å²) in [6.07, 6.45) is 0. The molecule has 3 aromatic rings. The number of benzene rings is 3. The van der Waals surface area contributed by atoms with E-state index in [1.165, 1.54) is 21.9 Å². The van der Waals surface area contributed by atoms with Crippen molar-refractivity contribution in [3.63, 3.8) is 0 Å². The van der Waals surface area contributed by atoms with Crippen LogP contribution < -0.4 is 0 Å². The summed E-state index contributed by atoms with van der Waals surface area (Å²) in [6.45, 7) is 2.09. The minimum absolute atomic E-state index is 0.105. The van der Waals surface area contributed by atoms with Crippen molar-refractivity contribution < 1.29 is 0 Å². The first-order chi connectivity index (χ1) is 9.25. The molecule has 1 atom stereocenters. The summed E-state index contributed by atoms with van der Waals surface area (Å²) in [5.74, 6) is 0. The van der Waals surface area contributed by atoms with E-state index in [0.717, 1.165) is 5.56 Å². The van der Waals surface area contributed by atoms with Gasteiger partial charge in [0.1, 0.15) is 0 Å². The third-order valence-electron chi connectivity index (χ3n) is 3.47. The number of alkyl halides is 1. The molecule has 0 spiro atoms. The summed E-state index contributed by atoms with van der Waals surface area (Å²) in [6, 6.07) is 23.1. The van der Waals surface area contributed by atoms with Gasteiger partial charge < -0.3 is 0 Å². The number of aryl methyl sites for hydroxylation is 1. The van der Waals surface area contributed by atoms with Crippen LogP contribution in [0.3, 0.4) is 0 Å². The van der Waals surface area contributed by atoms with Gasteiger partial charge in [0, 0.05) is 0 Å². The third kappa shape index (κ3) is 2.36. The molecule has 0 aliphatic rings. The molecule has 1 heteroatoms. The van der Waals surface area contributed by atoms with Gasteiger partial charge in [0.15, 0.2) is 0 Å². The van der Waals surface area contributed by atoms with Crippen molar-refractivity contribution >= 4 is 22.4 Å². The van der Waals surface area contributed by atoms with E-state index in [-0.39, 0.29) is 5.38 Å². The highest BCUT2D eigenvalue weighted by molar-refractivity contribution is 6.23. The summed E-state index contributed by atoms with van der Waals surface area (Å²) in [5.41, 5.74) is 3.57. The highest BCUT2D eigenvalue weighted by atomic mass is 35.5. The first-order valence-electron chi connectivity index (χ1n) is 6.44. The van der Waals surface area contributed by atoms with Crippen LogP contribution in [0.2, 0.25) is 0 Å². The summed E-state index contributed by atoms with van der Waals surface area (Å²) >= 11 is 6.66. The van der Waals surface area contributed by atoms with Crippen LogP contribution in [0, 0.1) is 6.92 Å². The Kier molecular flexibility index (Phi) is 3.27. The number of fused-ring (bicyclic) bond motifs is 1. The second kappa shape index (κ2) is 5.07. The average molecular weight is 267 g/mol. The maximum absolute atomic E-state index is 6.66. The Morgan fingerprint density at radius 3 is 2.26 bits per heavy atom. The molecule has 0 heterocycles. The monoisotopic (exact) mass is 266 g/mol. The van der Waals surface area contributed by atoms with Gasteiger partial charge in [-0.15, -0.1) is 11.6 Å². The summed E-state index contributed by atoms with van der Waals surface area (Å²) in [7, 11) is 0. The molecule has 0 aliphatic heterocycles. The molecule has 3 aromatic carbocycles. The summed E-state index contributed by atoms with van der Waals surface area (Å²) in [4.78, 5) is 0. The maximum atomic E-state index is 6.66. The van der Waals surface area contributed by atoms with Crippen LogP contribution in [-0.4, -0.2) is 0 Å². The Labute approximate surface area is 118 Å². The second-order valence-electron chi connectivity index (χ2n) is 4.84. The molecular weight excluding hydrogens is 252 g/mol. The Morgan fingerprint density at radius 1 is 0.789 bits per heavy atom. The molecule has 0 N–H and O–H groups in total. The molecule has 0 radical (unpaired) electrons. The van der Waals surface area contributed by atoms with E-state index in [4.69, 9.17) is 11.6 Å². The van der Waals surface area contributed by atoms with Crippen LogP contribution in [0.15, 0.2) is 66.7 Å². The van der Waals surface area contributed by atoms with Gasteiger partial charge in [-0.2, -0.15) is 0 Å². The topological polar surface area (TPSA) is 0 Å². The third-order valence-corrected chi connectivity index (χ3v) is 3.95. The van der Waals surface area contributed by atoms with Crippen molar-refractivity contribution in [1.29, 1.82) is 0 Å². The highest BCUT2D eigenvalue weighted by Crippen LogP contribution is 2.33. The molecule has 0 fully saturated rings.